The number of hydrogen-bond acceptors (Lipinski definition) is 0. The van der Waals surface area contributed by atoms with Crippen LogP contribution in [0.15, 0.2) is 30.8 Å². The van der Waals surface area contributed by atoms with Gasteiger partial charge >= 0.3 is 0 Å². The fourth-order valence-corrected chi connectivity index (χ4v) is 1.03. The zero-order valence-corrected chi connectivity index (χ0v) is 7.43. The molecule has 0 radical (unpaired) electrons. The molecule has 1 heteroatoms. The zero-order chi connectivity index (χ0) is 8.97. The van der Waals surface area contributed by atoms with E-state index in [1.54, 1.807) is 0 Å². The first kappa shape index (κ1) is 8.90. The zero-order valence-electron chi connectivity index (χ0n) is 6.68. The van der Waals surface area contributed by atoms with Crippen molar-refractivity contribution in [3.05, 3.63) is 42.0 Å². The lowest BCUT2D eigenvalue weighted by atomic mass is 10.1. The molecule has 0 unspecified atom stereocenters. The summed E-state index contributed by atoms with van der Waals surface area (Å²) in [5.74, 6) is 3.00. The molecule has 0 N–H and O–H groups in total. The largest absolute Gasteiger partial charge is 0.122 e. The van der Waals surface area contributed by atoms with E-state index in [2.05, 4.69) is 12.5 Å². The van der Waals surface area contributed by atoms with Gasteiger partial charge in [0.1, 0.15) is 0 Å². The highest BCUT2D eigenvalue weighted by Crippen LogP contribution is 2.13. The van der Waals surface area contributed by atoms with Crippen LogP contribution in [0.5, 0.6) is 0 Å². The molecule has 0 heterocycles. The van der Waals surface area contributed by atoms with Gasteiger partial charge in [0.2, 0.25) is 0 Å². The van der Waals surface area contributed by atoms with E-state index in [9.17, 15) is 0 Å². The molecule has 0 atom stereocenters. The summed E-state index contributed by atoms with van der Waals surface area (Å²) in [6.07, 6.45) is 5.21. The number of hydrogen-bond donors (Lipinski definition) is 0. The van der Waals surface area contributed by atoms with Crippen LogP contribution in [0, 0.1) is 12.3 Å². The van der Waals surface area contributed by atoms with E-state index in [4.69, 9.17) is 18.0 Å². The number of rotatable bonds is 2. The van der Waals surface area contributed by atoms with Gasteiger partial charge in [-0.3, -0.25) is 0 Å². The number of halogens is 1. The van der Waals surface area contributed by atoms with Crippen molar-refractivity contribution in [1.82, 2.24) is 0 Å². The quantitative estimate of drug-likeness (QED) is 0.480. The maximum absolute atomic E-state index is 5.62. The fourth-order valence-electron chi connectivity index (χ4n) is 0.879. The first-order valence-corrected chi connectivity index (χ1v) is 4.12. The number of alkyl halides is 1. The van der Waals surface area contributed by atoms with Crippen molar-refractivity contribution in [2.24, 2.45) is 0 Å². The smallest absolute Gasteiger partial charge is 0.0474 e. The average molecular weight is 177 g/mol. The van der Waals surface area contributed by atoms with E-state index in [0.717, 1.165) is 16.7 Å². The van der Waals surface area contributed by atoms with Gasteiger partial charge in [-0.15, -0.1) is 18.0 Å². The van der Waals surface area contributed by atoms with Crippen LogP contribution in [0.3, 0.4) is 0 Å². The van der Waals surface area contributed by atoms with Crippen LogP contribution >= 0.6 is 11.6 Å². The third-order valence-electron chi connectivity index (χ3n) is 1.62. The van der Waals surface area contributed by atoms with E-state index in [0.29, 0.717) is 5.88 Å². The van der Waals surface area contributed by atoms with Crippen LogP contribution < -0.4 is 0 Å². The van der Waals surface area contributed by atoms with Crippen molar-refractivity contribution in [2.45, 2.75) is 0 Å². The summed E-state index contributed by atoms with van der Waals surface area (Å²) in [5.41, 5.74) is 2.84. The normalized spacial score (nSPS) is 9.00. The molecule has 60 valence electrons. The highest BCUT2D eigenvalue weighted by atomic mass is 35.5. The number of terminal acetylenes is 1. The molecule has 1 aromatic rings. The van der Waals surface area contributed by atoms with Gasteiger partial charge in [0.25, 0.3) is 0 Å². The molecule has 0 fully saturated rings. The van der Waals surface area contributed by atoms with E-state index in [1.807, 2.05) is 24.3 Å². The minimum atomic E-state index is 0.454. The van der Waals surface area contributed by atoms with Gasteiger partial charge < -0.3 is 0 Å². The summed E-state index contributed by atoms with van der Waals surface area (Å²) >= 11 is 5.62. The van der Waals surface area contributed by atoms with E-state index in [-0.39, 0.29) is 0 Å². The second-order valence-corrected chi connectivity index (χ2v) is 2.73. The maximum Gasteiger partial charge on any atom is 0.0474 e. The molecule has 0 amide bonds. The summed E-state index contributed by atoms with van der Waals surface area (Å²) in [6, 6.07) is 7.62. The standard InChI is InChI=1S/C11H9Cl/c1-3-10-4-6-11(7-5-10)9(2)8-12/h1,4-7H,2,8H2. The molecule has 0 saturated carbocycles. The van der Waals surface area contributed by atoms with Crippen molar-refractivity contribution in [3.63, 3.8) is 0 Å². The Bertz CT molecular complexity index is 314. The molecular formula is C11H9Cl. The molecule has 1 aromatic carbocycles. The average Bonchev–Trinajstić information content (AvgIpc) is 2.17. The molecule has 12 heavy (non-hydrogen) atoms. The number of allylic oxidation sites excluding steroid dienone is 1. The van der Waals surface area contributed by atoms with Gasteiger partial charge in [0, 0.05) is 11.4 Å². The minimum absolute atomic E-state index is 0.454. The Morgan fingerprint density at radius 2 is 2.00 bits per heavy atom. The van der Waals surface area contributed by atoms with E-state index in [1.165, 1.54) is 0 Å². The number of benzene rings is 1. The van der Waals surface area contributed by atoms with Crippen molar-refractivity contribution < 1.29 is 0 Å². The Balaban J connectivity index is 2.94. The van der Waals surface area contributed by atoms with Crippen molar-refractivity contribution in [1.29, 1.82) is 0 Å². The minimum Gasteiger partial charge on any atom is -0.122 e. The lowest BCUT2D eigenvalue weighted by molar-refractivity contribution is 1.56. The summed E-state index contributed by atoms with van der Waals surface area (Å²) in [7, 11) is 0. The Morgan fingerprint density at radius 3 is 2.42 bits per heavy atom. The first-order valence-electron chi connectivity index (χ1n) is 3.58. The second-order valence-electron chi connectivity index (χ2n) is 2.46. The lowest BCUT2D eigenvalue weighted by Crippen LogP contribution is -1.83. The molecule has 1 rings (SSSR count). The molecule has 0 saturated heterocycles. The van der Waals surface area contributed by atoms with E-state index >= 15 is 0 Å². The molecule has 0 aromatic heterocycles. The van der Waals surface area contributed by atoms with E-state index < -0.39 is 0 Å². The van der Waals surface area contributed by atoms with Gasteiger partial charge in [0.15, 0.2) is 0 Å². The Kier molecular flexibility index (Phi) is 2.96. The van der Waals surface area contributed by atoms with Crippen molar-refractivity contribution in [3.8, 4) is 12.3 Å². The highest BCUT2D eigenvalue weighted by molar-refractivity contribution is 6.23. The summed E-state index contributed by atoms with van der Waals surface area (Å²) in [5, 5.41) is 0. The first-order chi connectivity index (χ1) is 5.77. The van der Waals surface area contributed by atoms with Crippen LogP contribution in [0.2, 0.25) is 0 Å². The molecule has 0 bridgehead atoms. The summed E-state index contributed by atoms with van der Waals surface area (Å²) in [4.78, 5) is 0. The van der Waals surface area contributed by atoms with Gasteiger partial charge in [-0.25, -0.2) is 0 Å². The van der Waals surface area contributed by atoms with Crippen LogP contribution in [-0.2, 0) is 0 Å². The molecule has 0 aliphatic heterocycles. The molecule has 0 spiro atoms. The Morgan fingerprint density at radius 1 is 1.42 bits per heavy atom. The van der Waals surface area contributed by atoms with Gasteiger partial charge in [-0.05, 0) is 23.3 Å². The fraction of sp³-hybridized carbons (Fsp3) is 0.0909. The molecular weight excluding hydrogens is 168 g/mol. The van der Waals surface area contributed by atoms with Crippen LogP contribution in [0.1, 0.15) is 11.1 Å². The molecule has 0 aliphatic rings. The Labute approximate surface area is 77.9 Å². The monoisotopic (exact) mass is 176 g/mol. The SMILES string of the molecule is C#Cc1ccc(C(=C)CCl)cc1. The third kappa shape index (κ3) is 1.90. The summed E-state index contributed by atoms with van der Waals surface area (Å²) < 4.78 is 0. The van der Waals surface area contributed by atoms with Crippen LogP contribution in [-0.4, -0.2) is 5.88 Å². The topological polar surface area (TPSA) is 0 Å². The van der Waals surface area contributed by atoms with Gasteiger partial charge in [0.05, 0.1) is 0 Å². The lowest BCUT2D eigenvalue weighted by Gasteiger charge is -2.00. The Hall–Kier alpha value is -1.19. The summed E-state index contributed by atoms with van der Waals surface area (Å²) in [6.45, 7) is 3.82. The van der Waals surface area contributed by atoms with Crippen molar-refractivity contribution in [2.75, 3.05) is 5.88 Å². The maximum atomic E-state index is 5.62. The highest BCUT2D eigenvalue weighted by Gasteiger charge is 1.95. The predicted molar refractivity (Wildman–Crippen MR) is 54.1 cm³/mol. The van der Waals surface area contributed by atoms with Crippen LogP contribution in [0.4, 0.5) is 0 Å². The van der Waals surface area contributed by atoms with Crippen molar-refractivity contribution >= 4 is 17.2 Å². The second kappa shape index (κ2) is 3.99. The van der Waals surface area contributed by atoms with Gasteiger partial charge in [-0.2, -0.15) is 0 Å². The predicted octanol–water partition coefficient (Wildman–Crippen LogP) is 2.92. The van der Waals surface area contributed by atoms with Crippen LogP contribution in [0.25, 0.3) is 5.57 Å². The molecule has 0 nitrogen and oxygen atoms in total. The molecule has 0 aliphatic carbocycles. The third-order valence-corrected chi connectivity index (χ3v) is 1.94. The van der Waals surface area contributed by atoms with Gasteiger partial charge in [-0.1, -0.05) is 24.6 Å².